The molecule has 28 heavy (non-hydrogen) atoms. The zero-order valence-electron chi connectivity index (χ0n) is 16.2. The number of guanidine groups is 1. The van der Waals surface area contributed by atoms with Gasteiger partial charge < -0.3 is 15.4 Å². The fraction of sp³-hybridized carbons (Fsp3) is 0.632. The summed E-state index contributed by atoms with van der Waals surface area (Å²) in [5.74, 6) is 0.464. The van der Waals surface area contributed by atoms with Crippen LogP contribution in [0.1, 0.15) is 20.3 Å². The van der Waals surface area contributed by atoms with Crippen molar-refractivity contribution >= 4 is 5.96 Å². The van der Waals surface area contributed by atoms with Crippen molar-refractivity contribution in [2.24, 2.45) is 10.9 Å². The van der Waals surface area contributed by atoms with Gasteiger partial charge in [0.05, 0.1) is 13.1 Å². The predicted molar refractivity (Wildman–Crippen MR) is 101 cm³/mol. The Morgan fingerprint density at radius 2 is 2.07 bits per heavy atom. The van der Waals surface area contributed by atoms with E-state index in [1.165, 1.54) is 11.0 Å². The number of benzene rings is 1. The van der Waals surface area contributed by atoms with Crippen LogP contribution in [-0.4, -0.2) is 62.4 Å². The van der Waals surface area contributed by atoms with E-state index < -0.39 is 18.5 Å². The van der Waals surface area contributed by atoms with Crippen LogP contribution in [0.2, 0.25) is 0 Å². The summed E-state index contributed by atoms with van der Waals surface area (Å²) in [6.07, 6.45) is -3.77. The van der Waals surface area contributed by atoms with Crippen LogP contribution in [0, 0.1) is 11.7 Å². The lowest BCUT2D eigenvalue weighted by Crippen LogP contribution is -2.41. The smallest absolute Gasteiger partial charge is 0.401 e. The Morgan fingerprint density at radius 1 is 1.32 bits per heavy atom. The van der Waals surface area contributed by atoms with E-state index in [1.54, 1.807) is 25.1 Å². The first-order valence-corrected chi connectivity index (χ1v) is 9.49. The molecular formula is C19H28F4N4O. The largest absolute Gasteiger partial charge is 0.486 e. The Bertz CT molecular complexity index is 639. The molecule has 0 aromatic heterocycles. The van der Waals surface area contributed by atoms with Crippen LogP contribution in [0.25, 0.3) is 0 Å². The van der Waals surface area contributed by atoms with Gasteiger partial charge in [0.2, 0.25) is 0 Å². The number of hydrogen-bond donors (Lipinski definition) is 2. The van der Waals surface area contributed by atoms with Crippen molar-refractivity contribution in [2.75, 3.05) is 39.3 Å². The molecule has 1 aromatic carbocycles. The summed E-state index contributed by atoms with van der Waals surface area (Å²) in [5, 5.41) is 6.28. The first-order valence-electron chi connectivity index (χ1n) is 9.49. The van der Waals surface area contributed by atoms with E-state index in [0.717, 1.165) is 6.42 Å². The average Bonchev–Trinajstić information content (AvgIpc) is 3.05. The van der Waals surface area contributed by atoms with Gasteiger partial charge in [-0.25, -0.2) is 9.38 Å². The van der Waals surface area contributed by atoms with Gasteiger partial charge in [-0.1, -0.05) is 12.1 Å². The maximum absolute atomic E-state index is 13.6. The van der Waals surface area contributed by atoms with Crippen molar-refractivity contribution in [3.8, 4) is 5.75 Å². The summed E-state index contributed by atoms with van der Waals surface area (Å²) in [6, 6.07) is 6.19. The van der Waals surface area contributed by atoms with E-state index in [-0.39, 0.29) is 17.8 Å². The van der Waals surface area contributed by atoms with E-state index in [9.17, 15) is 17.6 Å². The molecule has 1 saturated heterocycles. The van der Waals surface area contributed by atoms with Gasteiger partial charge in [0, 0.05) is 19.6 Å². The molecule has 1 aliphatic rings. The van der Waals surface area contributed by atoms with Crippen molar-refractivity contribution in [1.82, 2.24) is 15.5 Å². The van der Waals surface area contributed by atoms with Crippen molar-refractivity contribution in [3.05, 3.63) is 30.1 Å². The lowest BCUT2D eigenvalue weighted by molar-refractivity contribution is -0.143. The molecule has 2 atom stereocenters. The molecule has 1 fully saturated rings. The molecule has 0 aliphatic carbocycles. The summed E-state index contributed by atoms with van der Waals surface area (Å²) in [4.78, 5) is 5.86. The van der Waals surface area contributed by atoms with Gasteiger partial charge >= 0.3 is 6.18 Å². The second-order valence-corrected chi connectivity index (χ2v) is 6.96. The number of ether oxygens (including phenoxy) is 1. The molecule has 1 aliphatic heterocycles. The minimum absolute atomic E-state index is 0.137. The van der Waals surface area contributed by atoms with Gasteiger partial charge in [0.25, 0.3) is 0 Å². The molecule has 2 N–H and O–H groups in total. The average molecular weight is 404 g/mol. The van der Waals surface area contributed by atoms with Crippen LogP contribution in [0.15, 0.2) is 29.3 Å². The molecule has 1 aromatic rings. The van der Waals surface area contributed by atoms with E-state index in [0.29, 0.717) is 38.7 Å². The maximum atomic E-state index is 13.6. The van der Waals surface area contributed by atoms with Gasteiger partial charge in [0.15, 0.2) is 17.5 Å². The van der Waals surface area contributed by atoms with Crippen molar-refractivity contribution in [2.45, 2.75) is 32.5 Å². The molecule has 2 rings (SSSR count). The van der Waals surface area contributed by atoms with E-state index in [4.69, 9.17) is 4.74 Å². The second-order valence-electron chi connectivity index (χ2n) is 6.96. The van der Waals surface area contributed by atoms with E-state index in [2.05, 4.69) is 15.6 Å². The van der Waals surface area contributed by atoms with Gasteiger partial charge in [-0.05, 0) is 44.9 Å². The number of rotatable bonds is 8. The Balaban J connectivity index is 1.79. The predicted octanol–water partition coefficient (Wildman–Crippen LogP) is 3.03. The number of nitrogens with one attached hydrogen (secondary N) is 2. The summed E-state index contributed by atoms with van der Waals surface area (Å²) < 4.78 is 56.7. The highest BCUT2D eigenvalue weighted by atomic mass is 19.4. The molecule has 0 saturated carbocycles. The molecule has 9 heteroatoms. The van der Waals surface area contributed by atoms with Crippen LogP contribution in [0.4, 0.5) is 17.6 Å². The first kappa shape index (κ1) is 22.3. The van der Waals surface area contributed by atoms with E-state index >= 15 is 0 Å². The summed E-state index contributed by atoms with van der Waals surface area (Å²) in [7, 11) is 0. The number of likely N-dealkylation sites (tertiary alicyclic amines) is 1. The number of hydrogen-bond acceptors (Lipinski definition) is 3. The Hall–Kier alpha value is -2.03. The van der Waals surface area contributed by atoms with Gasteiger partial charge in [-0.15, -0.1) is 0 Å². The first-order chi connectivity index (χ1) is 13.3. The standard InChI is InChI=1S/C19H28F4N4O/c1-3-24-18(25-10-14(2)28-17-7-5-4-6-16(17)20)26-11-15-8-9-27(12-15)13-19(21,22)23/h4-7,14-15H,3,8-13H2,1-2H3,(H2,24,25,26). The highest BCUT2D eigenvalue weighted by Crippen LogP contribution is 2.22. The molecule has 0 spiro atoms. The SMILES string of the molecule is CCNC(=NCC(C)Oc1ccccc1F)NCC1CCN(CC(F)(F)F)C1. The Labute approximate surface area is 163 Å². The number of nitrogens with zero attached hydrogens (tertiary/aromatic N) is 2. The molecule has 1 heterocycles. The van der Waals surface area contributed by atoms with Gasteiger partial charge in [-0.3, -0.25) is 4.90 Å². The third-order valence-corrected chi connectivity index (χ3v) is 4.35. The highest BCUT2D eigenvalue weighted by molar-refractivity contribution is 5.79. The second kappa shape index (κ2) is 10.5. The topological polar surface area (TPSA) is 48.9 Å². The van der Waals surface area contributed by atoms with Crippen LogP contribution in [-0.2, 0) is 0 Å². The molecule has 2 unspecified atom stereocenters. The monoisotopic (exact) mass is 404 g/mol. The quantitative estimate of drug-likeness (QED) is 0.397. The zero-order chi connectivity index (χ0) is 20.6. The third kappa shape index (κ3) is 7.92. The van der Waals surface area contributed by atoms with Crippen LogP contribution in [0.5, 0.6) is 5.75 Å². The normalized spacial score (nSPS) is 19.5. The molecule has 0 amide bonds. The lowest BCUT2D eigenvalue weighted by atomic mass is 10.1. The molecule has 158 valence electrons. The summed E-state index contributed by atoms with van der Waals surface area (Å²) >= 11 is 0. The minimum Gasteiger partial charge on any atom is -0.486 e. The molecule has 5 nitrogen and oxygen atoms in total. The van der Waals surface area contributed by atoms with Crippen LogP contribution < -0.4 is 15.4 Å². The van der Waals surface area contributed by atoms with E-state index in [1.807, 2.05) is 6.92 Å². The molecular weight excluding hydrogens is 376 g/mol. The third-order valence-electron chi connectivity index (χ3n) is 4.35. The van der Waals surface area contributed by atoms with Gasteiger partial charge in [-0.2, -0.15) is 13.2 Å². The fourth-order valence-electron chi connectivity index (χ4n) is 3.07. The number of aliphatic imine (C=N–C) groups is 1. The Kier molecular flexibility index (Phi) is 8.35. The summed E-state index contributed by atoms with van der Waals surface area (Å²) in [5.41, 5.74) is 0. The lowest BCUT2D eigenvalue weighted by Gasteiger charge is -2.19. The van der Waals surface area contributed by atoms with Crippen LogP contribution >= 0.6 is 0 Å². The molecule has 0 bridgehead atoms. The summed E-state index contributed by atoms with van der Waals surface area (Å²) in [6.45, 7) is 5.24. The van der Waals surface area contributed by atoms with Gasteiger partial charge in [0.1, 0.15) is 6.10 Å². The number of para-hydroxylation sites is 1. The highest BCUT2D eigenvalue weighted by Gasteiger charge is 2.34. The van der Waals surface area contributed by atoms with Crippen LogP contribution in [0.3, 0.4) is 0 Å². The number of halogens is 4. The minimum atomic E-state index is -4.16. The molecule has 0 radical (unpaired) electrons. The number of alkyl halides is 3. The Morgan fingerprint density at radius 3 is 2.75 bits per heavy atom. The van der Waals surface area contributed by atoms with Crippen molar-refractivity contribution < 1.29 is 22.3 Å². The fourth-order valence-corrected chi connectivity index (χ4v) is 3.07. The van der Waals surface area contributed by atoms with Crippen molar-refractivity contribution in [1.29, 1.82) is 0 Å². The zero-order valence-corrected chi connectivity index (χ0v) is 16.2. The van der Waals surface area contributed by atoms with Crippen molar-refractivity contribution in [3.63, 3.8) is 0 Å². The maximum Gasteiger partial charge on any atom is 0.401 e.